The maximum atomic E-state index is 13.1. The number of likely N-dealkylation sites (N-methyl/N-ethyl adjacent to an activating group) is 1. The molecule has 0 radical (unpaired) electrons. The van der Waals surface area contributed by atoms with Crippen LogP contribution in [0.5, 0.6) is 0 Å². The molecule has 14 heteroatoms. The fraction of sp³-hybridized carbons (Fsp3) is 0.500. The van der Waals surface area contributed by atoms with E-state index < -0.39 is 51.8 Å². The Bertz CT molecular complexity index is 1000. The number of hydrogen-bond donors (Lipinski definition) is 5. The lowest BCUT2D eigenvalue weighted by atomic mass is 10.0. The van der Waals surface area contributed by atoms with Crippen LogP contribution in [0.3, 0.4) is 0 Å². The number of anilines is 1. The minimum Gasteiger partial charge on any atom is -0.444 e. The first kappa shape index (κ1) is 28.6. The van der Waals surface area contributed by atoms with Gasteiger partial charge in [0.15, 0.2) is 0 Å². The lowest BCUT2D eigenvalue weighted by molar-refractivity contribution is -0.139. The molecule has 0 unspecified atom stereocenters. The highest BCUT2D eigenvalue weighted by molar-refractivity contribution is 7.87. The van der Waals surface area contributed by atoms with Crippen molar-refractivity contribution in [2.24, 2.45) is 11.5 Å². The summed E-state index contributed by atoms with van der Waals surface area (Å²) in [4.78, 5) is 49.7. The monoisotopic (exact) mass is 501 g/mol. The Morgan fingerprint density at radius 1 is 1.12 bits per heavy atom. The van der Waals surface area contributed by atoms with Gasteiger partial charge in [-0.1, -0.05) is 12.1 Å². The standard InChI is InChI=1S/C20H31N5O8S/c1-20(2,3)33-19(29)23-14(9-10-16(21)26)18(28)25(4)15(17(22)27)11-12-5-7-13(8-6-12)24-34(30,31)32/h5-8,14-15,24H,9-11H2,1-4H3,(H2,21,26)(H2,22,27)(H,23,29)(H,30,31,32)/t14-,15-/m0/s1. The highest BCUT2D eigenvalue weighted by Crippen LogP contribution is 2.16. The molecule has 4 amide bonds. The van der Waals surface area contributed by atoms with E-state index >= 15 is 0 Å². The van der Waals surface area contributed by atoms with Crippen molar-refractivity contribution in [3.05, 3.63) is 29.8 Å². The summed E-state index contributed by atoms with van der Waals surface area (Å²) < 4.78 is 37.7. The van der Waals surface area contributed by atoms with Crippen LogP contribution in [0.1, 0.15) is 39.2 Å². The molecule has 0 heterocycles. The first-order valence-electron chi connectivity index (χ1n) is 10.2. The Labute approximate surface area is 198 Å². The van der Waals surface area contributed by atoms with E-state index in [9.17, 15) is 27.6 Å². The molecule has 0 aliphatic heterocycles. The molecular formula is C20H31N5O8S. The summed E-state index contributed by atoms with van der Waals surface area (Å²) >= 11 is 0. The zero-order valence-corrected chi connectivity index (χ0v) is 20.2. The molecule has 1 rings (SSSR count). The van der Waals surface area contributed by atoms with Crippen molar-refractivity contribution in [3.8, 4) is 0 Å². The minimum atomic E-state index is -4.45. The number of nitrogens with one attached hydrogen (secondary N) is 2. The molecule has 0 fully saturated rings. The average molecular weight is 502 g/mol. The summed E-state index contributed by atoms with van der Waals surface area (Å²) in [5.41, 5.74) is 10.4. The third kappa shape index (κ3) is 10.5. The predicted octanol–water partition coefficient (Wildman–Crippen LogP) is -0.0851. The number of benzene rings is 1. The maximum Gasteiger partial charge on any atom is 0.408 e. The van der Waals surface area contributed by atoms with Gasteiger partial charge in [-0.25, -0.2) is 4.79 Å². The number of hydrogen-bond acceptors (Lipinski definition) is 7. The molecular weight excluding hydrogens is 470 g/mol. The van der Waals surface area contributed by atoms with E-state index in [-0.39, 0.29) is 24.9 Å². The molecule has 190 valence electrons. The quantitative estimate of drug-likeness (QED) is 0.258. The predicted molar refractivity (Wildman–Crippen MR) is 123 cm³/mol. The van der Waals surface area contributed by atoms with E-state index in [2.05, 4.69) is 5.32 Å². The van der Waals surface area contributed by atoms with Crippen molar-refractivity contribution in [2.45, 2.75) is 57.7 Å². The minimum absolute atomic E-state index is 0.0291. The van der Waals surface area contributed by atoms with E-state index in [1.807, 2.05) is 4.72 Å². The van der Waals surface area contributed by atoms with Crippen molar-refractivity contribution < 1.29 is 36.9 Å². The largest absolute Gasteiger partial charge is 0.444 e. The van der Waals surface area contributed by atoms with Crippen LogP contribution in [0.4, 0.5) is 10.5 Å². The van der Waals surface area contributed by atoms with Crippen molar-refractivity contribution in [1.29, 1.82) is 0 Å². The van der Waals surface area contributed by atoms with E-state index in [1.54, 1.807) is 20.8 Å². The molecule has 7 N–H and O–H groups in total. The number of primary amides is 2. The van der Waals surface area contributed by atoms with Crippen LogP contribution in [0, 0.1) is 0 Å². The Morgan fingerprint density at radius 3 is 2.12 bits per heavy atom. The molecule has 0 saturated carbocycles. The van der Waals surface area contributed by atoms with Crippen molar-refractivity contribution >= 4 is 39.8 Å². The summed E-state index contributed by atoms with van der Waals surface area (Å²) in [7, 11) is -3.13. The Morgan fingerprint density at radius 2 is 1.68 bits per heavy atom. The smallest absolute Gasteiger partial charge is 0.408 e. The van der Waals surface area contributed by atoms with Gasteiger partial charge in [-0.2, -0.15) is 8.42 Å². The van der Waals surface area contributed by atoms with Crippen molar-refractivity contribution in [1.82, 2.24) is 10.2 Å². The van der Waals surface area contributed by atoms with E-state index in [0.29, 0.717) is 5.56 Å². The zero-order valence-electron chi connectivity index (χ0n) is 19.4. The summed E-state index contributed by atoms with van der Waals surface area (Å²) in [6.07, 6.45) is -1.25. The van der Waals surface area contributed by atoms with Crippen LogP contribution in [0.2, 0.25) is 0 Å². The molecule has 0 saturated heterocycles. The highest BCUT2D eigenvalue weighted by atomic mass is 32.2. The number of nitrogens with two attached hydrogens (primary N) is 2. The molecule has 0 aliphatic carbocycles. The normalized spacial score (nSPS) is 13.3. The van der Waals surface area contributed by atoms with Crippen molar-refractivity contribution in [3.63, 3.8) is 0 Å². The topological polar surface area (TPSA) is 211 Å². The van der Waals surface area contributed by atoms with E-state index in [1.165, 1.54) is 31.3 Å². The van der Waals surface area contributed by atoms with Crippen LogP contribution in [0.25, 0.3) is 0 Å². The number of carbonyl (C=O) groups excluding carboxylic acids is 4. The molecule has 13 nitrogen and oxygen atoms in total. The lowest BCUT2D eigenvalue weighted by Gasteiger charge is -2.30. The number of amides is 4. The third-order valence-electron chi connectivity index (χ3n) is 4.44. The van der Waals surface area contributed by atoms with Gasteiger partial charge in [0.1, 0.15) is 17.7 Å². The van der Waals surface area contributed by atoms with Gasteiger partial charge in [-0.15, -0.1) is 0 Å². The van der Waals surface area contributed by atoms with E-state index in [0.717, 1.165) is 4.90 Å². The van der Waals surface area contributed by atoms with Gasteiger partial charge in [0.05, 0.1) is 5.69 Å². The van der Waals surface area contributed by atoms with Crippen LogP contribution in [0.15, 0.2) is 24.3 Å². The molecule has 1 aromatic carbocycles. The number of ether oxygens (including phenoxy) is 1. The Balaban J connectivity index is 3.04. The summed E-state index contributed by atoms with van der Waals surface area (Å²) in [5, 5.41) is 2.40. The molecule has 0 aliphatic rings. The van der Waals surface area contributed by atoms with Crippen LogP contribution in [-0.2, 0) is 35.8 Å². The zero-order chi connectivity index (χ0) is 26.3. The SMILES string of the molecule is CN(C(=O)[C@H](CCC(N)=O)NC(=O)OC(C)(C)C)[C@@H](Cc1ccc(NS(=O)(=O)O)cc1)C(N)=O. The van der Waals surface area contributed by atoms with Gasteiger partial charge in [0.25, 0.3) is 0 Å². The second kappa shape index (κ2) is 11.7. The number of alkyl carbamates (subject to hydrolysis) is 1. The fourth-order valence-electron chi connectivity index (χ4n) is 2.90. The summed E-state index contributed by atoms with van der Waals surface area (Å²) in [6, 6.07) is 3.31. The second-order valence-corrected chi connectivity index (χ2v) is 9.70. The Hall–Kier alpha value is -3.39. The first-order valence-corrected chi connectivity index (χ1v) is 11.6. The second-order valence-electron chi connectivity index (χ2n) is 8.55. The Kier molecular flexibility index (Phi) is 9.81. The van der Waals surface area contributed by atoms with E-state index in [4.69, 9.17) is 20.8 Å². The van der Waals surface area contributed by atoms with Gasteiger partial charge >= 0.3 is 16.4 Å². The van der Waals surface area contributed by atoms with Gasteiger partial charge in [0, 0.05) is 19.9 Å². The highest BCUT2D eigenvalue weighted by Gasteiger charge is 2.32. The lowest BCUT2D eigenvalue weighted by Crippen LogP contribution is -2.54. The van der Waals surface area contributed by atoms with Gasteiger partial charge in [-0.3, -0.25) is 23.7 Å². The van der Waals surface area contributed by atoms with Crippen molar-refractivity contribution in [2.75, 3.05) is 11.8 Å². The molecule has 0 bridgehead atoms. The molecule has 0 aromatic heterocycles. The number of nitrogens with zero attached hydrogens (tertiary/aromatic N) is 1. The van der Waals surface area contributed by atoms with Gasteiger partial charge in [-0.05, 0) is 44.9 Å². The number of carbonyl (C=O) groups is 4. The fourth-order valence-corrected chi connectivity index (χ4v) is 3.34. The molecule has 2 atom stereocenters. The molecule has 0 spiro atoms. The van der Waals surface area contributed by atoms with Gasteiger partial charge in [0.2, 0.25) is 17.7 Å². The molecule has 1 aromatic rings. The first-order chi connectivity index (χ1) is 15.5. The maximum absolute atomic E-state index is 13.1. The average Bonchev–Trinajstić information content (AvgIpc) is 2.66. The summed E-state index contributed by atoms with van der Waals surface area (Å²) in [5.74, 6) is -2.21. The molecule has 34 heavy (non-hydrogen) atoms. The van der Waals surface area contributed by atoms with Gasteiger partial charge < -0.3 is 26.4 Å². The van der Waals surface area contributed by atoms with Crippen LogP contribution < -0.4 is 21.5 Å². The van der Waals surface area contributed by atoms with Crippen LogP contribution >= 0.6 is 0 Å². The third-order valence-corrected chi connectivity index (χ3v) is 4.94. The summed E-state index contributed by atoms with van der Waals surface area (Å²) in [6.45, 7) is 4.91. The number of rotatable bonds is 11. The van der Waals surface area contributed by atoms with Crippen LogP contribution in [-0.4, -0.2) is 66.4 Å².